The van der Waals surface area contributed by atoms with Crippen molar-refractivity contribution >= 4 is 5.91 Å². The summed E-state index contributed by atoms with van der Waals surface area (Å²) in [4.78, 5) is 11.9. The number of hydrogen-bond donors (Lipinski definition) is 2. The topological polar surface area (TPSA) is 64.4 Å². The van der Waals surface area contributed by atoms with Crippen molar-refractivity contribution in [1.82, 2.24) is 5.32 Å². The Bertz CT molecular complexity index is 558. The molecule has 2 aromatic carbocycles. The number of carbonyl (C=O) groups excluding carboxylic acids is 1. The quantitative estimate of drug-likeness (QED) is 0.734. The number of ether oxygens (including phenoxy) is 1. The molecule has 2 rings (SSSR count). The zero-order valence-electron chi connectivity index (χ0n) is 12.6. The van der Waals surface area contributed by atoms with E-state index in [2.05, 4.69) is 5.32 Å². The van der Waals surface area contributed by atoms with Crippen molar-refractivity contribution in [1.29, 1.82) is 0 Å². The first kappa shape index (κ1) is 16.0. The first-order valence-corrected chi connectivity index (χ1v) is 7.51. The van der Waals surface area contributed by atoms with Crippen LogP contribution < -0.4 is 15.8 Å². The third-order valence-electron chi connectivity index (χ3n) is 3.27. The van der Waals surface area contributed by atoms with Gasteiger partial charge in [0.1, 0.15) is 5.75 Å². The maximum atomic E-state index is 11.9. The number of rotatable bonds is 8. The maximum Gasteiger partial charge on any atom is 0.237 e. The predicted octanol–water partition coefficient (Wildman–Crippen LogP) is 2.14. The molecule has 0 radical (unpaired) electrons. The van der Waals surface area contributed by atoms with Gasteiger partial charge in [0.2, 0.25) is 5.91 Å². The van der Waals surface area contributed by atoms with Gasteiger partial charge in [-0.25, -0.2) is 0 Å². The van der Waals surface area contributed by atoms with E-state index in [9.17, 15) is 4.79 Å². The van der Waals surface area contributed by atoms with Crippen LogP contribution in [0.2, 0.25) is 0 Å². The molecule has 116 valence electrons. The van der Waals surface area contributed by atoms with Crippen LogP contribution in [0.25, 0.3) is 0 Å². The van der Waals surface area contributed by atoms with Crippen LogP contribution in [0.15, 0.2) is 60.7 Å². The largest absolute Gasteiger partial charge is 0.494 e. The van der Waals surface area contributed by atoms with Gasteiger partial charge in [-0.05, 0) is 30.5 Å². The fourth-order valence-corrected chi connectivity index (χ4v) is 2.08. The Morgan fingerprint density at radius 1 is 1.05 bits per heavy atom. The lowest BCUT2D eigenvalue weighted by Gasteiger charge is -2.12. The molecule has 2 aromatic rings. The minimum atomic E-state index is -0.516. The molecule has 3 N–H and O–H groups in total. The van der Waals surface area contributed by atoms with Crippen molar-refractivity contribution in [3.05, 3.63) is 66.2 Å². The van der Waals surface area contributed by atoms with E-state index < -0.39 is 6.04 Å². The smallest absolute Gasteiger partial charge is 0.237 e. The normalized spacial score (nSPS) is 11.7. The summed E-state index contributed by atoms with van der Waals surface area (Å²) in [5.74, 6) is 0.721. The molecule has 0 spiro atoms. The monoisotopic (exact) mass is 298 g/mol. The Labute approximate surface area is 131 Å². The SMILES string of the molecule is NC(Cc1ccccc1)C(=O)NCCCOc1ccccc1. The van der Waals surface area contributed by atoms with Crippen LogP contribution >= 0.6 is 0 Å². The van der Waals surface area contributed by atoms with Crippen molar-refractivity contribution in [2.45, 2.75) is 18.9 Å². The molecular formula is C18H22N2O2. The van der Waals surface area contributed by atoms with E-state index in [0.717, 1.165) is 17.7 Å². The highest BCUT2D eigenvalue weighted by Gasteiger charge is 2.13. The average Bonchev–Trinajstić information content (AvgIpc) is 2.56. The van der Waals surface area contributed by atoms with Crippen molar-refractivity contribution in [2.75, 3.05) is 13.2 Å². The number of carbonyl (C=O) groups is 1. The van der Waals surface area contributed by atoms with Gasteiger partial charge in [0.15, 0.2) is 0 Å². The van der Waals surface area contributed by atoms with Gasteiger partial charge in [0.05, 0.1) is 12.6 Å². The highest BCUT2D eigenvalue weighted by atomic mass is 16.5. The van der Waals surface area contributed by atoms with Crippen LogP contribution in [0, 0.1) is 0 Å². The van der Waals surface area contributed by atoms with E-state index in [1.54, 1.807) is 0 Å². The molecule has 22 heavy (non-hydrogen) atoms. The third kappa shape index (κ3) is 5.58. The van der Waals surface area contributed by atoms with Crippen LogP contribution in [0.3, 0.4) is 0 Å². The molecule has 0 bridgehead atoms. The molecule has 1 unspecified atom stereocenters. The number of nitrogens with one attached hydrogen (secondary N) is 1. The Morgan fingerprint density at radius 3 is 2.36 bits per heavy atom. The summed E-state index contributed by atoms with van der Waals surface area (Å²) in [5, 5.41) is 2.85. The fraction of sp³-hybridized carbons (Fsp3) is 0.278. The number of nitrogens with two attached hydrogens (primary N) is 1. The summed E-state index contributed by atoms with van der Waals surface area (Å²) < 4.78 is 5.56. The maximum absolute atomic E-state index is 11.9. The van der Waals surface area contributed by atoms with Crippen LogP contribution in [0.4, 0.5) is 0 Å². The van der Waals surface area contributed by atoms with Gasteiger partial charge in [-0.3, -0.25) is 4.79 Å². The highest BCUT2D eigenvalue weighted by Crippen LogP contribution is 2.08. The summed E-state index contributed by atoms with van der Waals surface area (Å²) in [7, 11) is 0. The summed E-state index contributed by atoms with van der Waals surface area (Å²) >= 11 is 0. The lowest BCUT2D eigenvalue weighted by molar-refractivity contribution is -0.122. The summed E-state index contributed by atoms with van der Waals surface area (Å²) in [6.45, 7) is 1.13. The highest BCUT2D eigenvalue weighted by molar-refractivity contribution is 5.81. The fourth-order valence-electron chi connectivity index (χ4n) is 2.08. The molecule has 0 fully saturated rings. The molecular weight excluding hydrogens is 276 g/mol. The summed E-state index contributed by atoms with van der Waals surface area (Å²) in [5.41, 5.74) is 6.98. The Hall–Kier alpha value is -2.33. The van der Waals surface area contributed by atoms with E-state index in [4.69, 9.17) is 10.5 Å². The van der Waals surface area contributed by atoms with E-state index in [1.165, 1.54) is 0 Å². The van der Waals surface area contributed by atoms with Crippen LogP contribution in [0.1, 0.15) is 12.0 Å². The second-order valence-electron chi connectivity index (χ2n) is 5.10. The van der Waals surface area contributed by atoms with Crippen molar-refractivity contribution in [2.24, 2.45) is 5.73 Å². The molecule has 0 heterocycles. The van der Waals surface area contributed by atoms with E-state index in [1.807, 2.05) is 60.7 Å². The second-order valence-corrected chi connectivity index (χ2v) is 5.10. The van der Waals surface area contributed by atoms with Gasteiger partial charge in [0.25, 0.3) is 0 Å². The standard InChI is InChI=1S/C18H22N2O2/c19-17(14-15-8-3-1-4-9-15)18(21)20-12-7-13-22-16-10-5-2-6-11-16/h1-6,8-11,17H,7,12-14,19H2,(H,20,21). The van der Waals surface area contributed by atoms with Crippen molar-refractivity contribution < 1.29 is 9.53 Å². The molecule has 4 nitrogen and oxygen atoms in total. The van der Waals surface area contributed by atoms with E-state index >= 15 is 0 Å². The molecule has 0 aliphatic carbocycles. The van der Waals surface area contributed by atoms with Gasteiger partial charge in [0, 0.05) is 6.54 Å². The molecule has 0 aromatic heterocycles. The first-order chi connectivity index (χ1) is 10.8. The van der Waals surface area contributed by atoms with Gasteiger partial charge in [-0.1, -0.05) is 48.5 Å². The van der Waals surface area contributed by atoms with Gasteiger partial charge < -0.3 is 15.8 Å². The first-order valence-electron chi connectivity index (χ1n) is 7.51. The zero-order chi connectivity index (χ0) is 15.6. The number of hydrogen-bond acceptors (Lipinski definition) is 3. The van der Waals surface area contributed by atoms with E-state index in [0.29, 0.717) is 19.6 Å². The average molecular weight is 298 g/mol. The number of amides is 1. The number of benzene rings is 2. The molecule has 1 amide bonds. The minimum Gasteiger partial charge on any atom is -0.494 e. The van der Waals surface area contributed by atoms with Gasteiger partial charge >= 0.3 is 0 Å². The van der Waals surface area contributed by atoms with Gasteiger partial charge in [-0.15, -0.1) is 0 Å². The minimum absolute atomic E-state index is 0.122. The van der Waals surface area contributed by atoms with Crippen molar-refractivity contribution in [3.63, 3.8) is 0 Å². The third-order valence-corrected chi connectivity index (χ3v) is 3.27. The molecule has 0 aliphatic rings. The molecule has 0 saturated carbocycles. The van der Waals surface area contributed by atoms with Crippen LogP contribution in [-0.2, 0) is 11.2 Å². The predicted molar refractivity (Wildman–Crippen MR) is 87.7 cm³/mol. The lowest BCUT2D eigenvalue weighted by Crippen LogP contribution is -2.42. The Morgan fingerprint density at radius 2 is 1.68 bits per heavy atom. The zero-order valence-corrected chi connectivity index (χ0v) is 12.6. The van der Waals surface area contributed by atoms with Crippen LogP contribution in [0.5, 0.6) is 5.75 Å². The summed E-state index contributed by atoms with van der Waals surface area (Å²) in [6, 6.07) is 18.9. The van der Waals surface area contributed by atoms with Crippen molar-refractivity contribution in [3.8, 4) is 5.75 Å². The van der Waals surface area contributed by atoms with Gasteiger partial charge in [-0.2, -0.15) is 0 Å². The number of para-hydroxylation sites is 1. The summed E-state index contributed by atoms with van der Waals surface area (Å²) in [6.07, 6.45) is 1.30. The van der Waals surface area contributed by atoms with E-state index in [-0.39, 0.29) is 5.91 Å². The molecule has 0 aliphatic heterocycles. The Balaban J connectivity index is 1.61. The molecule has 0 saturated heterocycles. The second kappa shape index (κ2) is 8.85. The molecule has 4 heteroatoms. The van der Waals surface area contributed by atoms with Crippen LogP contribution in [-0.4, -0.2) is 25.1 Å². The lowest BCUT2D eigenvalue weighted by atomic mass is 10.1. The Kier molecular flexibility index (Phi) is 6.45. The molecule has 1 atom stereocenters.